The molecule has 0 bridgehead atoms. The van der Waals surface area contributed by atoms with Crippen molar-refractivity contribution < 1.29 is 17.9 Å². The van der Waals surface area contributed by atoms with Crippen molar-refractivity contribution in [1.82, 2.24) is 14.5 Å². The van der Waals surface area contributed by atoms with Gasteiger partial charge in [0.1, 0.15) is 0 Å². The second kappa shape index (κ2) is 9.27. The second-order valence-corrected chi connectivity index (χ2v) is 14.1. The van der Waals surface area contributed by atoms with E-state index in [0.717, 1.165) is 60.5 Å². The predicted octanol–water partition coefficient (Wildman–Crippen LogP) is 2.85. The maximum absolute atomic E-state index is 12.9. The molecule has 0 radical (unpaired) electrons. The Morgan fingerprint density at radius 2 is 1.91 bits per heavy atom. The number of hydrogen-bond acceptors (Lipinski definition) is 5. The first kappa shape index (κ1) is 23.5. The van der Waals surface area contributed by atoms with E-state index in [2.05, 4.69) is 28.1 Å². The Bertz CT molecular complexity index is 1120. The zero-order valence-electron chi connectivity index (χ0n) is 17.9. The second-order valence-electron chi connectivity index (χ2n) is 8.36. The Morgan fingerprint density at radius 1 is 1.22 bits per heavy atom. The summed E-state index contributed by atoms with van der Waals surface area (Å²) in [6.07, 6.45) is 7.26. The number of aromatic nitrogens is 2. The molecule has 2 N–H and O–H groups in total. The van der Waals surface area contributed by atoms with Gasteiger partial charge in [0, 0.05) is 0 Å². The first-order chi connectivity index (χ1) is 15.0. The summed E-state index contributed by atoms with van der Waals surface area (Å²) >= 11 is -0.139. The van der Waals surface area contributed by atoms with Gasteiger partial charge < -0.3 is 0 Å². The minimum Gasteiger partial charge on any atom is -0.147 e. The smallest absolute Gasteiger partial charge is 0.147 e. The fraction of sp³-hybridized carbons (Fsp3) is 0.524. The minimum absolute atomic E-state index is 0. The maximum atomic E-state index is 12.9. The molecule has 2 atom stereocenters. The van der Waals surface area contributed by atoms with Crippen molar-refractivity contribution in [1.29, 1.82) is 0 Å². The fourth-order valence-corrected chi connectivity index (χ4v) is 8.21. The third-order valence-corrected chi connectivity index (χ3v) is 10.4. The van der Waals surface area contributed by atoms with Crippen molar-refractivity contribution in [3.05, 3.63) is 34.5 Å². The van der Waals surface area contributed by atoms with E-state index in [-0.39, 0.29) is 38.9 Å². The standard InChI is InChI=1S/C21H27AsN4O4S.ClH/c1-2-22-15-11-26-20(30-12-15)18(10-23-26)31(28,29)25-21(27)24-19-16-7-3-5-13(16)9-14-6-4-8-17(14)19;/h9-10,15,22H,2-8,11-12H2,1H3,(H2,24,25,27);1H/t15-;/m0./s1. The summed E-state index contributed by atoms with van der Waals surface area (Å²) in [5.41, 5.74) is 5.69. The summed E-state index contributed by atoms with van der Waals surface area (Å²) < 4.78 is 35.9. The summed E-state index contributed by atoms with van der Waals surface area (Å²) in [6, 6.07) is 1.54. The Kier molecular flexibility index (Phi) is 6.80. The zero-order chi connectivity index (χ0) is 21.6. The fourth-order valence-electron chi connectivity index (χ4n) is 4.95. The van der Waals surface area contributed by atoms with Crippen molar-refractivity contribution in [3.8, 4) is 5.88 Å². The molecule has 11 heteroatoms. The average molecular weight is 543 g/mol. The van der Waals surface area contributed by atoms with Gasteiger partial charge >= 0.3 is 157 Å². The molecule has 32 heavy (non-hydrogen) atoms. The van der Waals surface area contributed by atoms with Gasteiger partial charge in [-0.25, -0.2) is 0 Å². The number of fused-ring (bicyclic) bond motifs is 3. The largest absolute Gasteiger partial charge is 0.147 e. The normalized spacial score (nSPS) is 19.1. The molecule has 2 amide bonds. The van der Waals surface area contributed by atoms with Gasteiger partial charge in [0.05, 0.1) is 0 Å². The van der Waals surface area contributed by atoms with Gasteiger partial charge in [-0.2, -0.15) is 0 Å². The zero-order valence-corrected chi connectivity index (χ0v) is 21.7. The third kappa shape index (κ3) is 4.27. The van der Waals surface area contributed by atoms with Gasteiger partial charge in [-0.3, -0.25) is 0 Å². The van der Waals surface area contributed by atoms with Crippen LogP contribution >= 0.6 is 12.4 Å². The molecule has 1 unspecified atom stereocenters. The Labute approximate surface area is 201 Å². The topological polar surface area (TPSA) is 102 Å². The van der Waals surface area contributed by atoms with E-state index in [1.165, 1.54) is 17.3 Å². The van der Waals surface area contributed by atoms with Crippen LogP contribution in [0.1, 0.15) is 42.0 Å². The molecule has 1 aromatic heterocycles. The number of benzene rings is 1. The first-order valence-electron chi connectivity index (χ1n) is 10.9. The maximum Gasteiger partial charge on any atom is -0.147 e. The Balaban J connectivity index is 0.00000245. The van der Waals surface area contributed by atoms with Gasteiger partial charge in [0.25, 0.3) is 0 Å². The monoisotopic (exact) mass is 542 g/mol. The van der Waals surface area contributed by atoms with Crippen LogP contribution in [0.3, 0.4) is 0 Å². The molecule has 174 valence electrons. The molecule has 8 nitrogen and oxygen atoms in total. The van der Waals surface area contributed by atoms with Gasteiger partial charge in [0.2, 0.25) is 0 Å². The summed E-state index contributed by atoms with van der Waals surface area (Å²) in [4.78, 5) is 12.7. The van der Waals surface area contributed by atoms with Crippen molar-refractivity contribution in [2.75, 3.05) is 11.9 Å². The molecular formula is C21H28AsClN4O4S. The SMILES string of the molecule is CC[AsH][C@@H]1COc2c(S(=O)(=O)NC(=O)Nc3c4c(cc5c3CCC5)CCC4)cnn2C1.Cl. The molecule has 2 heterocycles. The quantitative estimate of drug-likeness (QED) is 0.566. The molecule has 1 aliphatic heterocycles. The number of rotatable bonds is 5. The van der Waals surface area contributed by atoms with Crippen LogP contribution < -0.4 is 14.8 Å². The minimum atomic E-state index is -4.10. The van der Waals surface area contributed by atoms with E-state index in [9.17, 15) is 13.2 Å². The van der Waals surface area contributed by atoms with Crippen molar-refractivity contribution in [2.45, 2.75) is 66.8 Å². The van der Waals surface area contributed by atoms with Crippen LogP contribution in [0.15, 0.2) is 17.2 Å². The average Bonchev–Trinajstić information content (AvgIpc) is 3.46. The Hall–Kier alpha value is -1.70. The number of anilines is 1. The number of sulfonamides is 1. The number of carbonyl (C=O) groups excluding carboxylic acids is 1. The van der Waals surface area contributed by atoms with Crippen molar-refractivity contribution >= 4 is 49.9 Å². The van der Waals surface area contributed by atoms with Crippen LogP contribution in [0.2, 0.25) is 9.91 Å². The van der Waals surface area contributed by atoms with Crippen LogP contribution in [0.25, 0.3) is 0 Å². The van der Waals surface area contributed by atoms with E-state index in [1.807, 2.05) is 0 Å². The summed E-state index contributed by atoms with van der Waals surface area (Å²) in [7, 11) is -4.10. The number of amides is 2. The number of nitrogens with zero attached hydrogens (tertiary/aromatic N) is 2. The van der Waals surface area contributed by atoms with Crippen LogP contribution in [0, 0.1) is 0 Å². The van der Waals surface area contributed by atoms with Crippen molar-refractivity contribution in [3.63, 3.8) is 0 Å². The summed E-state index contributed by atoms with van der Waals surface area (Å²) in [5.74, 6) is 0.223. The van der Waals surface area contributed by atoms with Crippen LogP contribution in [-0.2, 0) is 42.3 Å². The molecular weight excluding hydrogens is 515 g/mol. The molecule has 0 saturated heterocycles. The van der Waals surface area contributed by atoms with Gasteiger partial charge in [-0.15, -0.1) is 12.4 Å². The molecule has 2 aromatic rings. The molecule has 2 aliphatic carbocycles. The number of hydrogen-bond donors (Lipinski definition) is 2. The molecule has 0 saturated carbocycles. The number of nitrogens with one attached hydrogen (secondary N) is 2. The number of halogens is 1. The summed E-state index contributed by atoms with van der Waals surface area (Å²) in [5, 5.41) is 8.23. The van der Waals surface area contributed by atoms with E-state index in [0.29, 0.717) is 17.9 Å². The Morgan fingerprint density at radius 3 is 2.56 bits per heavy atom. The molecule has 5 rings (SSSR count). The number of aryl methyl sites for hydroxylation is 2. The van der Waals surface area contributed by atoms with E-state index in [1.54, 1.807) is 4.68 Å². The third-order valence-electron chi connectivity index (χ3n) is 6.30. The van der Waals surface area contributed by atoms with Crippen LogP contribution in [0.5, 0.6) is 5.88 Å². The molecule has 0 fully saturated rings. The van der Waals surface area contributed by atoms with E-state index < -0.39 is 16.1 Å². The van der Waals surface area contributed by atoms with Crippen molar-refractivity contribution in [2.24, 2.45) is 0 Å². The molecule has 0 spiro atoms. The molecule has 3 aliphatic rings. The number of carbonyl (C=O) groups is 1. The predicted molar refractivity (Wildman–Crippen MR) is 126 cm³/mol. The van der Waals surface area contributed by atoms with Gasteiger partial charge in [-0.1, -0.05) is 6.07 Å². The van der Waals surface area contributed by atoms with Crippen LogP contribution in [-0.4, -0.2) is 46.6 Å². The van der Waals surface area contributed by atoms with E-state index >= 15 is 0 Å². The van der Waals surface area contributed by atoms with Gasteiger partial charge in [-0.05, 0) is 25.7 Å². The van der Waals surface area contributed by atoms with Crippen LogP contribution in [0.4, 0.5) is 10.5 Å². The molecule has 1 aromatic carbocycles. The number of ether oxygens (including phenoxy) is 1. The van der Waals surface area contributed by atoms with E-state index in [4.69, 9.17) is 4.74 Å². The first-order valence-corrected chi connectivity index (χ1v) is 15.1. The van der Waals surface area contributed by atoms with Gasteiger partial charge in [0.15, 0.2) is 0 Å². The summed E-state index contributed by atoms with van der Waals surface area (Å²) in [6.45, 7) is 3.35. The number of urea groups is 1.